The molecule has 2 aliphatic carbocycles. The second-order valence-corrected chi connectivity index (χ2v) is 9.45. The first-order valence-electron chi connectivity index (χ1n) is 9.09. The Labute approximate surface area is 164 Å². The Hall–Kier alpha value is -1.89. The van der Waals surface area contributed by atoms with Gasteiger partial charge in [0.2, 0.25) is 15.9 Å². The van der Waals surface area contributed by atoms with Crippen LogP contribution in [0.25, 0.3) is 0 Å². The van der Waals surface area contributed by atoms with Gasteiger partial charge in [0, 0.05) is 23.2 Å². The van der Waals surface area contributed by atoms with Crippen molar-refractivity contribution in [2.24, 2.45) is 11.8 Å². The van der Waals surface area contributed by atoms with Gasteiger partial charge in [-0.2, -0.15) is 0 Å². The van der Waals surface area contributed by atoms with Gasteiger partial charge in [-0.1, -0.05) is 29.8 Å². The maximum absolute atomic E-state index is 12.5. The number of carbonyl (C=O) groups is 1. The number of nitrogens with one attached hydrogen (secondary N) is 2. The van der Waals surface area contributed by atoms with E-state index in [1.807, 2.05) is 24.3 Å². The first kappa shape index (κ1) is 18.5. The van der Waals surface area contributed by atoms with E-state index in [4.69, 9.17) is 11.6 Å². The number of anilines is 1. The number of halogens is 1. The van der Waals surface area contributed by atoms with Gasteiger partial charge in [-0.05, 0) is 67.0 Å². The molecule has 0 aromatic heterocycles. The van der Waals surface area contributed by atoms with Crippen molar-refractivity contribution in [3.8, 4) is 0 Å². The predicted molar refractivity (Wildman–Crippen MR) is 105 cm³/mol. The van der Waals surface area contributed by atoms with Crippen LogP contribution < -0.4 is 10.0 Å². The molecule has 2 unspecified atom stereocenters. The van der Waals surface area contributed by atoms with Gasteiger partial charge in [0.25, 0.3) is 0 Å². The number of amides is 1. The van der Waals surface area contributed by atoms with Crippen LogP contribution in [0.2, 0.25) is 5.02 Å². The molecule has 0 heterocycles. The Morgan fingerprint density at radius 1 is 1.07 bits per heavy atom. The molecule has 1 amide bonds. The van der Waals surface area contributed by atoms with Crippen molar-refractivity contribution in [3.63, 3.8) is 0 Å². The van der Waals surface area contributed by atoms with Gasteiger partial charge in [-0.15, -0.1) is 0 Å². The Bertz CT molecular complexity index is 955. The minimum absolute atomic E-state index is 0.0672. The molecule has 2 atom stereocenters. The van der Waals surface area contributed by atoms with Crippen molar-refractivity contribution in [3.05, 3.63) is 59.1 Å². The van der Waals surface area contributed by atoms with Crippen LogP contribution in [0.3, 0.4) is 0 Å². The van der Waals surface area contributed by atoms with Crippen molar-refractivity contribution in [2.75, 3.05) is 11.9 Å². The van der Waals surface area contributed by atoms with Crippen molar-refractivity contribution in [1.29, 1.82) is 0 Å². The minimum Gasteiger partial charge on any atom is -0.326 e. The molecule has 2 fully saturated rings. The summed E-state index contributed by atoms with van der Waals surface area (Å²) in [5.41, 5.74) is 1.59. The standard InChI is InChI=1S/C20H21ClN2O3S/c21-19-4-2-1-3-16(19)17-11-18(17)20(24)23-14-7-9-15(10-8-14)27(25,26)22-12-13-5-6-13/h1-4,7-10,13,17-18,22H,5-6,11-12H2,(H,23,24). The Balaban J connectivity index is 1.36. The van der Waals surface area contributed by atoms with E-state index in [2.05, 4.69) is 10.0 Å². The number of carbonyl (C=O) groups excluding carboxylic acids is 1. The van der Waals surface area contributed by atoms with Crippen LogP contribution >= 0.6 is 11.6 Å². The van der Waals surface area contributed by atoms with Crippen LogP contribution in [-0.2, 0) is 14.8 Å². The Kier molecular flexibility index (Phi) is 4.97. The van der Waals surface area contributed by atoms with Gasteiger partial charge in [0.05, 0.1) is 4.90 Å². The SMILES string of the molecule is O=C(Nc1ccc(S(=O)(=O)NCC2CC2)cc1)C1CC1c1ccccc1Cl. The van der Waals surface area contributed by atoms with Crippen LogP contribution in [0.5, 0.6) is 0 Å². The highest BCUT2D eigenvalue weighted by atomic mass is 35.5. The third-order valence-electron chi connectivity index (χ3n) is 5.12. The maximum atomic E-state index is 12.5. The van der Waals surface area contributed by atoms with Gasteiger partial charge in [-0.25, -0.2) is 13.1 Å². The zero-order valence-electron chi connectivity index (χ0n) is 14.7. The first-order valence-corrected chi connectivity index (χ1v) is 11.0. The smallest absolute Gasteiger partial charge is 0.240 e. The highest BCUT2D eigenvalue weighted by molar-refractivity contribution is 7.89. The lowest BCUT2D eigenvalue weighted by molar-refractivity contribution is -0.117. The molecule has 0 saturated heterocycles. The maximum Gasteiger partial charge on any atom is 0.240 e. The Morgan fingerprint density at radius 2 is 1.78 bits per heavy atom. The molecule has 142 valence electrons. The first-order chi connectivity index (χ1) is 12.9. The second-order valence-electron chi connectivity index (χ2n) is 7.28. The van der Waals surface area contributed by atoms with Crippen LogP contribution in [0.15, 0.2) is 53.4 Å². The van der Waals surface area contributed by atoms with Crippen molar-refractivity contribution >= 4 is 33.2 Å². The number of hydrogen-bond acceptors (Lipinski definition) is 3. The molecule has 2 aliphatic rings. The molecule has 0 aliphatic heterocycles. The van der Waals surface area contributed by atoms with Gasteiger partial charge in [-0.3, -0.25) is 4.79 Å². The summed E-state index contributed by atoms with van der Waals surface area (Å²) < 4.78 is 27.1. The van der Waals surface area contributed by atoms with Gasteiger partial charge >= 0.3 is 0 Å². The molecular formula is C20H21ClN2O3S. The lowest BCUT2D eigenvalue weighted by Crippen LogP contribution is -2.25. The second kappa shape index (κ2) is 7.26. The van der Waals surface area contributed by atoms with Gasteiger partial charge < -0.3 is 5.32 Å². The molecule has 0 spiro atoms. The third-order valence-corrected chi connectivity index (χ3v) is 6.91. The fourth-order valence-electron chi connectivity index (χ4n) is 3.19. The fourth-order valence-corrected chi connectivity index (χ4v) is 4.58. The molecule has 5 nitrogen and oxygen atoms in total. The molecule has 4 rings (SSSR count). The average Bonchev–Trinajstić information content (AvgIpc) is 3.55. The predicted octanol–water partition coefficient (Wildman–Crippen LogP) is 3.77. The molecule has 2 aromatic rings. The summed E-state index contributed by atoms with van der Waals surface area (Å²) in [6.07, 6.45) is 2.95. The zero-order chi connectivity index (χ0) is 19.0. The summed E-state index contributed by atoms with van der Waals surface area (Å²) in [6.45, 7) is 0.492. The monoisotopic (exact) mass is 404 g/mol. The van der Waals surface area contributed by atoms with Crippen molar-refractivity contribution in [1.82, 2.24) is 4.72 Å². The van der Waals surface area contributed by atoms with Gasteiger partial charge in [0.1, 0.15) is 0 Å². The molecule has 0 bridgehead atoms. The van der Waals surface area contributed by atoms with E-state index in [0.29, 0.717) is 23.2 Å². The van der Waals surface area contributed by atoms with E-state index in [1.54, 1.807) is 12.1 Å². The van der Waals surface area contributed by atoms with Crippen LogP contribution in [0.4, 0.5) is 5.69 Å². The highest BCUT2D eigenvalue weighted by Gasteiger charge is 2.44. The molecular weight excluding hydrogens is 384 g/mol. The summed E-state index contributed by atoms with van der Waals surface area (Å²) in [5, 5.41) is 3.55. The van der Waals surface area contributed by atoms with E-state index in [0.717, 1.165) is 24.8 Å². The van der Waals surface area contributed by atoms with Crippen LogP contribution in [0.1, 0.15) is 30.7 Å². The zero-order valence-corrected chi connectivity index (χ0v) is 16.3. The normalized spacial score (nSPS) is 21.7. The van der Waals surface area contributed by atoms with Crippen molar-refractivity contribution in [2.45, 2.75) is 30.1 Å². The molecule has 2 N–H and O–H groups in total. The van der Waals surface area contributed by atoms with Gasteiger partial charge in [0.15, 0.2) is 0 Å². The summed E-state index contributed by atoms with van der Waals surface area (Å²) in [4.78, 5) is 12.7. The summed E-state index contributed by atoms with van der Waals surface area (Å²) in [6, 6.07) is 13.9. The Morgan fingerprint density at radius 3 is 2.44 bits per heavy atom. The number of hydrogen-bond donors (Lipinski definition) is 2. The van der Waals surface area contributed by atoms with E-state index in [-0.39, 0.29) is 22.6 Å². The van der Waals surface area contributed by atoms with Crippen LogP contribution in [-0.4, -0.2) is 20.9 Å². The summed E-state index contributed by atoms with van der Waals surface area (Å²) in [5.74, 6) is 0.448. The fraction of sp³-hybridized carbons (Fsp3) is 0.350. The van der Waals surface area contributed by atoms with E-state index in [1.165, 1.54) is 12.1 Å². The topological polar surface area (TPSA) is 75.3 Å². The molecule has 0 radical (unpaired) electrons. The van der Waals surface area contributed by atoms with E-state index < -0.39 is 10.0 Å². The lowest BCUT2D eigenvalue weighted by Gasteiger charge is -2.09. The van der Waals surface area contributed by atoms with E-state index in [9.17, 15) is 13.2 Å². The summed E-state index contributed by atoms with van der Waals surface area (Å²) in [7, 11) is -3.49. The van der Waals surface area contributed by atoms with Crippen molar-refractivity contribution < 1.29 is 13.2 Å². The number of benzene rings is 2. The average molecular weight is 405 g/mol. The highest BCUT2D eigenvalue weighted by Crippen LogP contribution is 2.50. The number of rotatable bonds is 7. The largest absolute Gasteiger partial charge is 0.326 e. The quantitative estimate of drug-likeness (QED) is 0.737. The molecule has 27 heavy (non-hydrogen) atoms. The lowest BCUT2D eigenvalue weighted by atomic mass is 10.1. The third kappa shape index (κ3) is 4.34. The van der Waals surface area contributed by atoms with Crippen LogP contribution in [0, 0.1) is 11.8 Å². The summed E-state index contributed by atoms with van der Waals surface area (Å²) >= 11 is 6.20. The molecule has 7 heteroatoms. The molecule has 2 aromatic carbocycles. The molecule has 2 saturated carbocycles. The van der Waals surface area contributed by atoms with E-state index >= 15 is 0 Å². The minimum atomic E-state index is -3.49. The number of sulfonamides is 1.